The molecule has 3 heterocycles. The van der Waals surface area contributed by atoms with Crippen molar-refractivity contribution in [1.82, 2.24) is 25.1 Å². The molecule has 10 heteroatoms. The Labute approximate surface area is 171 Å². The van der Waals surface area contributed by atoms with Gasteiger partial charge in [0.15, 0.2) is 5.82 Å². The summed E-state index contributed by atoms with van der Waals surface area (Å²) in [7, 11) is 0. The van der Waals surface area contributed by atoms with E-state index < -0.39 is 0 Å². The van der Waals surface area contributed by atoms with Gasteiger partial charge < -0.3 is 15.5 Å². The van der Waals surface area contributed by atoms with Crippen LogP contribution in [0.4, 0.5) is 20.6 Å². The lowest BCUT2D eigenvalue weighted by molar-refractivity contribution is 0.251. The van der Waals surface area contributed by atoms with Gasteiger partial charge in [0.05, 0.1) is 24.3 Å². The van der Waals surface area contributed by atoms with Crippen molar-refractivity contribution in [3.05, 3.63) is 60.6 Å². The standard InChI is InChI=1S/C19H20FN7OS/c20-15-3-1-14(2-4-15)9-22-19(28)25-16-10-24-27(12-16)18-17(11-21-13-23-18)26-5-7-29-8-6-26/h1-4,10-13H,5-9H2,(H2,22,25,28). The fourth-order valence-corrected chi connectivity index (χ4v) is 3.89. The highest BCUT2D eigenvalue weighted by Crippen LogP contribution is 2.24. The van der Waals surface area contributed by atoms with Gasteiger partial charge in [-0.25, -0.2) is 23.8 Å². The Hall–Kier alpha value is -3.14. The van der Waals surface area contributed by atoms with Crippen molar-refractivity contribution in [2.45, 2.75) is 6.54 Å². The maximum atomic E-state index is 12.9. The van der Waals surface area contributed by atoms with Crippen LogP contribution in [0.3, 0.4) is 0 Å². The first kappa shape index (κ1) is 19.2. The summed E-state index contributed by atoms with van der Waals surface area (Å²) < 4.78 is 14.6. The fraction of sp³-hybridized carbons (Fsp3) is 0.263. The molecule has 1 fully saturated rings. The van der Waals surface area contributed by atoms with Crippen LogP contribution >= 0.6 is 11.8 Å². The van der Waals surface area contributed by atoms with Crippen LogP contribution < -0.4 is 15.5 Å². The number of aromatic nitrogens is 4. The van der Waals surface area contributed by atoms with Crippen molar-refractivity contribution >= 4 is 29.2 Å². The Bertz CT molecular complexity index is 973. The van der Waals surface area contributed by atoms with Crippen molar-refractivity contribution in [2.24, 2.45) is 0 Å². The number of urea groups is 1. The van der Waals surface area contributed by atoms with E-state index in [1.54, 1.807) is 35.4 Å². The van der Waals surface area contributed by atoms with Crippen molar-refractivity contribution in [3.63, 3.8) is 0 Å². The number of benzene rings is 1. The molecule has 4 rings (SSSR count). The van der Waals surface area contributed by atoms with Crippen LogP contribution in [0.5, 0.6) is 0 Å². The molecule has 0 atom stereocenters. The number of carbonyl (C=O) groups is 1. The third-order valence-electron chi connectivity index (χ3n) is 4.45. The molecule has 2 amide bonds. The van der Waals surface area contributed by atoms with Crippen LogP contribution in [0.1, 0.15) is 5.56 Å². The van der Waals surface area contributed by atoms with Gasteiger partial charge in [-0.3, -0.25) is 0 Å². The van der Waals surface area contributed by atoms with Gasteiger partial charge in [0, 0.05) is 31.1 Å². The number of rotatable bonds is 5. The van der Waals surface area contributed by atoms with Crippen molar-refractivity contribution in [1.29, 1.82) is 0 Å². The first-order chi connectivity index (χ1) is 14.2. The van der Waals surface area contributed by atoms with E-state index in [-0.39, 0.29) is 11.8 Å². The zero-order chi connectivity index (χ0) is 20.1. The minimum atomic E-state index is -0.371. The second-order valence-corrected chi connectivity index (χ2v) is 7.66. The Morgan fingerprint density at radius 1 is 1.17 bits per heavy atom. The SMILES string of the molecule is O=C(NCc1ccc(F)cc1)Nc1cnn(-c2ncncc2N2CCSCC2)c1. The molecule has 0 aliphatic carbocycles. The first-order valence-corrected chi connectivity index (χ1v) is 10.3. The van der Waals surface area contributed by atoms with Crippen LogP contribution in [0, 0.1) is 5.82 Å². The second kappa shape index (κ2) is 8.91. The summed E-state index contributed by atoms with van der Waals surface area (Å²) in [6.45, 7) is 2.16. The van der Waals surface area contributed by atoms with Crippen LogP contribution in [-0.4, -0.2) is 50.4 Å². The zero-order valence-electron chi connectivity index (χ0n) is 15.6. The van der Waals surface area contributed by atoms with E-state index in [0.29, 0.717) is 18.1 Å². The minimum absolute atomic E-state index is 0.295. The quantitative estimate of drug-likeness (QED) is 0.669. The van der Waals surface area contributed by atoms with Gasteiger partial charge >= 0.3 is 6.03 Å². The van der Waals surface area contributed by atoms with E-state index in [1.165, 1.54) is 18.5 Å². The average Bonchev–Trinajstić information content (AvgIpc) is 3.22. The van der Waals surface area contributed by atoms with Gasteiger partial charge in [-0.15, -0.1) is 0 Å². The van der Waals surface area contributed by atoms with Gasteiger partial charge in [0.1, 0.15) is 17.8 Å². The van der Waals surface area contributed by atoms with E-state index in [1.807, 2.05) is 11.8 Å². The van der Waals surface area contributed by atoms with Gasteiger partial charge in [0.2, 0.25) is 0 Å². The van der Waals surface area contributed by atoms with Gasteiger partial charge in [-0.2, -0.15) is 16.9 Å². The lowest BCUT2D eigenvalue weighted by Crippen LogP contribution is -2.33. The number of nitrogens with one attached hydrogen (secondary N) is 2. The minimum Gasteiger partial charge on any atom is -0.366 e. The monoisotopic (exact) mass is 413 g/mol. The lowest BCUT2D eigenvalue weighted by Gasteiger charge is -2.29. The Morgan fingerprint density at radius 3 is 2.76 bits per heavy atom. The molecule has 0 saturated carbocycles. The highest BCUT2D eigenvalue weighted by Gasteiger charge is 2.18. The molecule has 3 aromatic rings. The third kappa shape index (κ3) is 4.83. The Kier molecular flexibility index (Phi) is 5.89. The van der Waals surface area contributed by atoms with Crippen LogP contribution in [-0.2, 0) is 6.54 Å². The predicted molar refractivity (Wildman–Crippen MR) is 111 cm³/mol. The van der Waals surface area contributed by atoms with E-state index in [0.717, 1.165) is 35.8 Å². The van der Waals surface area contributed by atoms with Crippen molar-refractivity contribution in [3.8, 4) is 5.82 Å². The second-order valence-electron chi connectivity index (χ2n) is 6.44. The molecular weight excluding hydrogens is 393 g/mol. The van der Waals surface area contributed by atoms with E-state index >= 15 is 0 Å². The summed E-state index contributed by atoms with van der Waals surface area (Å²) in [5.74, 6) is 2.49. The smallest absolute Gasteiger partial charge is 0.319 e. The predicted octanol–water partition coefficient (Wildman–Crippen LogP) is 2.68. The largest absolute Gasteiger partial charge is 0.366 e. The number of hydrogen-bond acceptors (Lipinski definition) is 6. The molecule has 29 heavy (non-hydrogen) atoms. The molecule has 0 spiro atoms. The van der Waals surface area contributed by atoms with Gasteiger partial charge in [-0.1, -0.05) is 12.1 Å². The van der Waals surface area contributed by atoms with Crippen molar-refractivity contribution < 1.29 is 9.18 Å². The molecule has 1 aliphatic heterocycles. The van der Waals surface area contributed by atoms with E-state index in [4.69, 9.17) is 0 Å². The maximum absolute atomic E-state index is 12.9. The molecule has 2 N–H and O–H groups in total. The first-order valence-electron chi connectivity index (χ1n) is 9.16. The summed E-state index contributed by atoms with van der Waals surface area (Å²) >= 11 is 1.93. The topological polar surface area (TPSA) is 88.0 Å². The molecule has 150 valence electrons. The van der Waals surface area contributed by atoms with Crippen molar-refractivity contribution in [2.75, 3.05) is 34.8 Å². The average molecular weight is 413 g/mol. The van der Waals surface area contributed by atoms with Crippen LogP contribution in [0.2, 0.25) is 0 Å². The summed E-state index contributed by atoms with van der Waals surface area (Å²) in [5, 5.41) is 9.81. The number of amides is 2. The zero-order valence-corrected chi connectivity index (χ0v) is 16.4. The number of thioether (sulfide) groups is 1. The summed E-state index contributed by atoms with van der Waals surface area (Å²) in [6, 6.07) is 5.61. The summed E-state index contributed by atoms with van der Waals surface area (Å²) in [6.07, 6.45) is 6.56. The van der Waals surface area contributed by atoms with Crippen LogP contribution in [0.25, 0.3) is 5.82 Å². The summed E-state index contributed by atoms with van der Waals surface area (Å²) in [4.78, 5) is 22.9. The molecule has 1 saturated heterocycles. The highest BCUT2D eigenvalue weighted by atomic mass is 32.2. The molecule has 2 aromatic heterocycles. The number of hydrogen-bond donors (Lipinski definition) is 2. The molecule has 1 aromatic carbocycles. The maximum Gasteiger partial charge on any atom is 0.319 e. The molecule has 0 unspecified atom stereocenters. The van der Waals surface area contributed by atoms with Gasteiger partial charge in [-0.05, 0) is 17.7 Å². The summed E-state index contributed by atoms with van der Waals surface area (Å²) in [5.41, 5.74) is 2.27. The lowest BCUT2D eigenvalue weighted by atomic mass is 10.2. The molecule has 0 radical (unpaired) electrons. The molecule has 1 aliphatic rings. The number of carbonyl (C=O) groups excluding carboxylic acids is 1. The fourth-order valence-electron chi connectivity index (χ4n) is 2.98. The molecule has 0 bridgehead atoms. The van der Waals surface area contributed by atoms with Crippen LogP contribution in [0.15, 0.2) is 49.2 Å². The number of nitrogens with zero attached hydrogens (tertiary/aromatic N) is 5. The van der Waals surface area contributed by atoms with E-state index in [9.17, 15) is 9.18 Å². The third-order valence-corrected chi connectivity index (χ3v) is 5.39. The Morgan fingerprint density at radius 2 is 1.97 bits per heavy atom. The molecular formula is C19H20FN7OS. The van der Waals surface area contributed by atoms with Gasteiger partial charge in [0.25, 0.3) is 0 Å². The number of halogens is 1. The normalized spacial score (nSPS) is 13.9. The number of anilines is 2. The van der Waals surface area contributed by atoms with E-state index in [2.05, 4.69) is 30.6 Å². The highest BCUT2D eigenvalue weighted by molar-refractivity contribution is 7.99. The molecule has 8 nitrogen and oxygen atoms in total. The Balaban J connectivity index is 1.41.